The highest BCUT2D eigenvalue weighted by Gasteiger charge is 1.83. The van der Waals surface area contributed by atoms with Gasteiger partial charge < -0.3 is 9.47 Å². The van der Waals surface area contributed by atoms with Crippen LogP contribution in [-0.2, 0) is 4.74 Å². The Labute approximate surface area is 78.1 Å². The van der Waals surface area contributed by atoms with Gasteiger partial charge in [-0.3, -0.25) is 0 Å². The SMILES string of the molecule is CO/C=C/C=C/Oc1ccccc1. The van der Waals surface area contributed by atoms with Crippen LogP contribution in [0.4, 0.5) is 0 Å². The second-order valence-electron chi connectivity index (χ2n) is 2.32. The van der Waals surface area contributed by atoms with Gasteiger partial charge >= 0.3 is 0 Å². The average molecular weight is 176 g/mol. The zero-order valence-corrected chi connectivity index (χ0v) is 7.51. The predicted molar refractivity (Wildman–Crippen MR) is 52.4 cm³/mol. The number of methoxy groups -OCH3 is 1. The molecule has 0 heterocycles. The van der Waals surface area contributed by atoms with E-state index in [1.165, 1.54) is 0 Å². The number of rotatable bonds is 4. The Morgan fingerprint density at radius 2 is 1.69 bits per heavy atom. The Morgan fingerprint density at radius 3 is 2.38 bits per heavy atom. The van der Waals surface area contributed by atoms with E-state index in [0.29, 0.717) is 0 Å². The van der Waals surface area contributed by atoms with E-state index in [2.05, 4.69) is 0 Å². The van der Waals surface area contributed by atoms with Crippen molar-refractivity contribution in [1.29, 1.82) is 0 Å². The molecule has 68 valence electrons. The first-order valence-electron chi connectivity index (χ1n) is 3.99. The lowest BCUT2D eigenvalue weighted by molar-refractivity contribution is 0.338. The van der Waals surface area contributed by atoms with Crippen LogP contribution in [0.5, 0.6) is 5.75 Å². The smallest absolute Gasteiger partial charge is 0.126 e. The van der Waals surface area contributed by atoms with E-state index in [4.69, 9.17) is 9.47 Å². The average Bonchev–Trinajstić information content (AvgIpc) is 2.19. The van der Waals surface area contributed by atoms with Crippen LogP contribution >= 0.6 is 0 Å². The minimum atomic E-state index is 0.824. The molecular weight excluding hydrogens is 164 g/mol. The Hall–Kier alpha value is -1.70. The lowest BCUT2D eigenvalue weighted by Crippen LogP contribution is -1.79. The first-order valence-corrected chi connectivity index (χ1v) is 3.99. The summed E-state index contributed by atoms with van der Waals surface area (Å²) in [6, 6.07) is 9.58. The summed E-state index contributed by atoms with van der Waals surface area (Å²) in [5.41, 5.74) is 0. The molecule has 0 saturated heterocycles. The van der Waals surface area contributed by atoms with Crippen LogP contribution in [0.2, 0.25) is 0 Å². The molecule has 0 bridgehead atoms. The molecule has 0 amide bonds. The van der Waals surface area contributed by atoms with Crippen molar-refractivity contribution in [3.8, 4) is 5.75 Å². The van der Waals surface area contributed by atoms with Gasteiger partial charge in [0.2, 0.25) is 0 Å². The van der Waals surface area contributed by atoms with Crippen LogP contribution in [0.25, 0.3) is 0 Å². The Balaban J connectivity index is 2.35. The summed E-state index contributed by atoms with van der Waals surface area (Å²) in [6.07, 6.45) is 6.69. The van der Waals surface area contributed by atoms with Crippen molar-refractivity contribution >= 4 is 0 Å². The van der Waals surface area contributed by atoms with E-state index in [9.17, 15) is 0 Å². The topological polar surface area (TPSA) is 18.5 Å². The van der Waals surface area contributed by atoms with Crippen LogP contribution in [0, 0.1) is 0 Å². The number of hydrogen-bond acceptors (Lipinski definition) is 2. The van der Waals surface area contributed by atoms with E-state index >= 15 is 0 Å². The molecule has 1 aromatic carbocycles. The van der Waals surface area contributed by atoms with Crippen molar-refractivity contribution in [1.82, 2.24) is 0 Å². The lowest BCUT2D eigenvalue weighted by Gasteiger charge is -1.96. The summed E-state index contributed by atoms with van der Waals surface area (Å²) in [4.78, 5) is 0. The minimum Gasteiger partial charge on any atom is -0.504 e. The summed E-state index contributed by atoms with van der Waals surface area (Å²) in [5, 5.41) is 0. The molecule has 0 radical (unpaired) electrons. The zero-order chi connectivity index (χ0) is 9.36. The highest BCUT2D eigenvalue weighted by molar-refractivity contribution is 5.22. The summed E-state index contributed by atoms with van der Waals surface area (Å²) >= 11 is 0. The van der Waals surface area contributed by atoms with E-state index < -0.39 is 0 Å². The molecule has 0 aliphatic carbocycles. The van der Waals surface area contributed by atoms with Gasteiger partial charge in [0.25, 0.3) is 0 Å². The van der Waals surface area contributed by atoms with Gasteiger partial charge in [0, 0.05) is 0 Å². The molecule has 0 aliphatic heterocycles. The molecular formula is C11H12O2. The van der Waals surface area contributed by atoms with Crippen LogP contribution in [0.1, 0.15) is 0 Å². The van der Waals surface area contributed by atoms with Gasteiger partial charge in [0.1, 0.15) is 5.75 Å². The fraction of sp³-hybridized carbons (Fsp3) is 0.0909. The molecule has 1 aromatic rings. The van der Waals surface area contributed by atoms with Gasteiger partial charge in [-0.1, -0.05) is 18.2 Å². The molecule has 0 spiro atoms. The molecule has 0 aliphatic rings. The summed E-state index contributed by atoms with van der Waals surface area (Å²) in [7, 11) is 1.60. The van der Waals surface area contributed by atoms with Crippen molar-refractivity contribution in [2.75, 3.05) is 7.11 Å². The highest BCUT2D eigenvalue weighted by Crippen LogP contribution is 2.07. The molecule has 0 fully saturated rings. The number of ether oxygens (including phenoxy) is 2. The highest BCUT2D eigenvalue weighted by atomic mass is 16.5. The molecule has 0 unspecified atom stereocenters. The Kier molecular flexibility index (Phi) is 4.25. The van der Waals surface area contributed by atoms with E-state index in [0.717, 1.165) is 5.75 Å². The Morgan fingerprint density at radius 1 is 1.00 bits per heavy atom. The van der Waals surface area contributed by atoms with E-state index in [1.54, 1.807) is 31.8 Å². The summed E-state index contributed by atoms with van der Waals surface area (Å²) in [6.45, 7) is 0. The third-order valence-corrected chi connectivity index (χ3v) is 1.35. The van der Waals surface area contributed by atoms with Crippen molar-refractivity contribution in [3.63, 3.8) is 0 Å². The third kappa shape index (κ3) is 4.01. The van der Waals surface area contributed by atoms with Crippen molar-refractivity contribution < 1.29 is 9.47 Å². The van der Waals surface area contributed by atoms with Gasteiger partial charge in [0.15, 0.2) is 0 Å². The number of allylic oxidation sites excluding steroid dienone is 2. The largest absolute Gasteiger partial charge is 0.504 e. The van der Waals surface area contributed by atoms with Gasteiger partial charge in [-0.05, 0) is 24.3 Å². The van der Waals surface area contributed by atoms with Crippen LogP contribution < -0.4 is 4.74 Å². The monoisotopic (exact) mass is 176 g/mol. The third-order valence-electron chi connectivity index (χ3n) is 1.35. The maximum Gasteiger partial charge on any atom is 0.126 e. The molecule has 0 aromatic heterocycles. The summed E-state index contributed by atoms with van der Waals surface area (Å²) < 4.78 is 9.97. The van der Waals surface area contributed by atoms with Crippen LogP contribution in [0.15, 0.2) is 55.0 Å². The van der Waals surface area contributed by atoms with Gasteiger partial charge in [-0.15, -0.1) is 0 Å². The van der Waals surface area contributed by atoms with Crippen molar-refractivity contribution in [3.05, 3.63) is 55.0 Å². The van der Waals surface area contributed by atoms with Crippen molar-refractivity contribution in [2.24, 2.45) is 0 Å². The standard InChI is InChI=1S/C11H12O2/c1-12-9-5-6-10-13-11-7-3-2-4-8-11/h2-10H,1H3/b9-5+,10-6+. The second kappa shape index (κ2) is 5.89. The lowest BCUT2D eigenvalue weighted by atomic mass is 10.3. The van der Waals surface area contributed by atoms with Crippen molar-refractivity contribution in [2.45, 2.75) is 0 Å². The van der Waals surface area contributed by atoms with Crippen LogP contribution in [-0.4, -0.2) is 7.11 Å². The first kappa shape index (κ1) is 9.39. The second-order valence-corrected chi connectivity index (χ2v) is 2.32. The Bertz CT molecular complexity index is 275. The number of hydrogen-bond donors (Lipinski definition) is 0. The molecule has 13 heavy (non-hydrogen) atoms. The predicted octanol–water partition coefficient (Wildman–Crippen LogP) is 2.74. The van der Waals surface area contributed by atoms with Gasteiger partial charge in [-0.25, -0.2) is 0 Å². The van der Waals surface area contributed by atoms with E-state index in [-0.39, 0.29) is 0 Å². The van der Waals surface area contributed by atoms with E-state index in [1.807, 2.05) is 30.3 Å². The quantitative estimate of drug-likeness (QED) is 0.518. The fourth-order valence-electron chi connectivity index (χ4n) is 0.786. The molecule has 2 heteroatoms. The first-order chi connectivity index (χ1) is 6.43. The maximum atomic E-state index is 5.27. The minimum absolute atomic E-state index is 0.824. The van der Waals surface area contributed by atoms with Gasteiger partial charge in [0.05, 0.1) is 19.6 Å². The fourth-order valence-corrected chi connectivity index (χ4v) is 0.786. The van der Waals surface area contributed by atoms with Gasteiger partial charge in [-0.2, -0.15) is 0 Å². The zero-order valence-electron chi connectivity index (χ0n) is 7.51. The molecule has 0 saturated carbocycles. The van der Waals surface area contributed by atoms with Crippen LogP contribution in [0.3, 0.4) is 0 Å². The molecule has 0 atom stereocenters. The molecule has 2 nitrogen and oxygen atoms in total. The normalized spacial score (nSPS) is 10.8. The number of benzene rings is 1. The summed E-state index contributed by atoms with van der Waals surface area (Å²) in [5.74, 6) is 0.824. The number of para-hydroxylation sites is 1. The maximum absolute atomic E-state index is 5.27. The molecule has 1 rings (SSSR count). The molecule has 0 N–H and O–H groups in total.